The normalized spacial score (nSPS) is 11.1. The summed E-state index contributed by atoms with van der Waals surface area (Å²) >= 11 is 5.84. The van der Waals surface area contributed by atoms with E-state index in [0.717, 1.165) is 18.2 Å². The van der Waals surface area contributed by atoms with Crippen LogP contribution in [-0.4, -0.2) is 26.9 Å². The molecular formula is C16H14ClFN2O5S. The third kappa shape index (κ3) is 5.01. The molecule has 0 radical (unpaired) electrons. The van der Waals surface area contributed by atoms with Crippen LogP contribution in [-0.2, 0) is 19.6 Å². The molecule has 26 heavy (non-hydrogen) atoms. The smallest absolute Gasteiger partial charge is 0.340 e. The number of ether oxygens (including phenoxy) is 1. The van der Waals surface area contributed by atoms with Crippen LogP contribution < -0.4 is 10.5 Å². The minimum atomic E-state index is -4.04. The van der Waals surface area contributed by atoms with E-state index in [9.17, 15) is 22.4 Å². The molecule has 2 rings (SSSR count). The second-order valence-electron chi connectivity index (χ2n) is 5.27. The van der Waals surface area contributed by atoms with Crippen LogP contribution >= 0.6 is 11.6 Å². The number of halogens is 2. The first-order valence-electron chi connectivity index (χ1n) is 7.13. The summed E-state index contributed by atoms with van der Waals surface area (Å²) in [6.45, 7) is 0.895. The van der Waals surface area contributed by atoms with E-state index in [-0.39, 0.29) is 21.2 Å². The van der Waals surface area contributed by atoms with E-state index in [2.05, 4.69) is 5.32 Å². The Kier molecular flexibility index (Phi) is 5.96. The average Bonchev–Trinajstić information content (AvgIpc) is 2.55. The quantitative estimate of drug-likeness (QED) is 0.746. The summed E-state index contributed by atoms with van der Waals surface area (Å²) in [7, 11) is -4.04. The minimum absolute atomic E-state index is 0.0663. The van der Waals surface area contributed by atoms with Gasteiger partial charge in [0.2, 0.25) is 10.0 Å². The number of carbonyl (C=O) groups excluding carboxylic acids is 2. The molecule has 0 unspecified atom stereocenters. The zero-order chi connectivity index (χ0) is 19.5. The third-order valence-electron chi connectivity index (χ3n) is 3.28. The lowest BCUT2D eigenvalue weighted by molar-refractivity contribution is -0.119. The summed E-state index contributed by atoms with van der Waals surface area (Å²) < 4.78 is 40.9. The zero-order valence-corrected chi connectivity index (χ0v) is 15.0. The second kappa shape index (κ2) is 7.81. The molecule has 0 fully saturated rings. The Morgan fingerprint density at radius 2 is 1.92 bits per heavy atom. The monoisotopic (exact) mass is 400 g/mol. The van der Waals surface area contributed by atoms with E-state index in [4.69, 9.17) is 21.5 Å². The molecular weight excluding hydrogens is 387 g/mol. The van der Waals surface area contributed by atoms with Crippen molar-refractivity contribution in [1.29, 1.82) is 0 Å². The number of carbonyl (C=O) groups is 2. The predicted octanol–water partition coefficient (Wildman–Crippen LogP) is 2.23. The highest BCUT2D eigenvalue weighted by atomic mass is 35.5. The zero-order valence-electron chi connectivity index (χ0n) is 13.5. The van der Waals surface area contributed by atoms with Gasteiger partial charge in [-0.1, -0.05) is 17.7 Å². The van der Waals surface area contributed by atoms with E-state index in [1.54, 1.807) is 6.92 Å². The molecule has 3 N–H and O–H groups in total. The number of hydrogen-bond donors (Lipinski definition) is 2. The molecule has 0 saturated heterocycles. The molecule has 10 heteroatoms. The van der Waals surface area contributed by atoms with Gasteiger partial charge >= 0.3 is 5.97 Å². The summed E-state index contributed by atoms with van der Waals surface area (Å²) in [5.74, 6) is -2.21. The summed E-state index contributed by atoms with van der Waals surface area (Å²) in [4.78, 5) is 23.5. The fraction of sp³-hybridized carbons (Fsp3) is 0.125. The van der Waals surface area contributed by atoms with Gasteiger partial charge in [-0.25, -0.2) is 22.7 Å². The van der Waals surface area contributed by atoms with Crippen molar-refractivity contribution in [3.05, 3.63) is 58.4 Å². The summed E-state index contributed by atoms with van der Waals surface area (Å²) in [5.41, 5.74) is 0.356. The fourth-order valence-electron chi connectivity index (χ4n) is 1.91. The Labute approximate surface area is 154 Å². The molecule has 1 amide bonds. The molecule has 0 bridgehead atoms. The Bertz CT molecular complexity index is 979. The van der Waals surface area contributed by atoms with Crippen molar-refractivity contribution >= 4 is 39.2 Å². The summed E-state index contributed by atoms with van der Waals surface area (Å²) in [5, 5.41) is 7.28. The Hall–Kier alpha value is -2.49. The summed E-state index contributed by atoms with van der Waals surface area (Å²) in [6.07, 6.45) is 0. The van der Waals surface area contributed by atoms with Crippen LogP contribution in [0.3, 0.4) is 0 Å². The van der Waals surface area contributed by atoms with E-state index in [0.29, 0.717) is 5.56 Å². The van der Waals surface area contributed by atoms with Crippen molar-refractivity contribution in [1.82, 2.24) is 0 Å². The number of hydrogen-bond acceptors (Lipinski definition) is 5. The second-order valence-corrected chi connectivity index (χ2v) is 7.24. The van der Waals surface area contributed by atoms with Crippen LogP contribution in [0.1, 0.15) is 15.9 Å². The molecule has 0 heterocycles. The molecule has 0 aliphatic rings. The molecule has 2 aromatic carbocycles. The van der Waals surface area contributed by atoms with Gasteiger partial charge in [0.25, 0.3) is 5.91 Å². The van der Waals surface area contributed by atoms with E-state index in [1.807, 2.05) is 0 Å². The number of benzene rings is 2. The van der Waals surface area contributed by atoms with Crippen molar-refractivity contribution in [2.75, 3.05) is 11.9 Å². The van der Waals surface area contributed by atoms with Crippen LogP contribution in [0.2, 0.25) is 5.02 Å². The first-order valence-corrected chi connectivity index (χ1v) is 9.06. The molecule has 138 valence electrons. The molecule has 0 atom stereocenters. The molecule has 0 saturated carbocycles. The number of esters is 1. The van der Waals surface area contributed by atoms with Crippen LogP contribution in [0, 0.1) is 12.7 Å². The maximum absolute atomic E-state index is 13.4. The topological polar surface area (TPSA) is 116 Å². The lowest BCUT2D eigenvalue weighted by atomic mass is 10.2. The molecule has 0 aliphatic heterocycles. The molecule has 0 spiro atoms. The maximum Gasteiger partial charge on any atom is 0.340 e. The van der Waals surface area contributed by atoms with Gasteiger partial charge in [-0.3, -0.25) is 4.79 Å². The van der Waals surface area contributed by atoms with Crippen molar-refractivity contribution in [2.24, 2.45) is 5.14 Å². The molecule has 0 aromatic heterocycles. The SMILES string of the molecule is Cc1ccc(NC(=O)COC(=O)c2cc(S(N)(=O)=O)ccc2Cl)cc1F. The van der Waals surface area contributed by atoms with Crippen LogP contribution in [0.25, 0.3) is 0 Å². The van der Waals surface area contributed by atoms with E-state index in [1.165, 1.54) is 18.2 Å². The number of nitrogens with two attached hydrogens (primary N) is 1. The Morgan fingerprint density at radius 1 is 1.23 bits per heavy atom. The van der Waals surface area contributed by atoms with Gasteiger partial charge in [-0.2, -0.15) is 0 Å². The standard InChI is InChI=1S/C16H14ClFN2O5S/c1-9-2-3-10(6-14(9)18)20-15(21)8-25-16(22)12-7-11(26(19,23)24)4-5-13(12)17/h2-7H,8H2,1H3,(H,20,21)(H2,19,23,24). The van der Waals surface area contributed by atoms with Crippen molar-refractivity contribution in [3.8, 4) is 0 Å². The Balaban J connectivity index is 2.04. The number of sulfonamides is 1. The van der Waals surface area contributed by atoms with Crippen molar-refractivity contribution in [2.45, 2.75) is 11.8 Å². The number of nitrogens with one attached hydrogen (secondary N) is 1. The lowest BCUT2D eigenvalue weighted by Gasteiger charge is -2.09. The van der Waals surface area contributed by atoms with Gasteiger partial charge in [0.05, 0.1) is 15.5 Å². The summed E-state index contributed by atoms with van der Waals surface area (Å²) in [6, 6.07) is 7.36. The largest absolute Gasteiger partial charge is 0.452 e. The Morgan fingerprint density at radius 3 is 2.54 bits per heavy atom. The minimum Gasteiger partial charge on any atom is -0.452 e. The fourth-order valence-corrected chi connectivity index (χ4v) is 2.65. The van der Waals surface area contributed by atoms with Crippen LogP contribution in [0.5, 0.6) is 0 Å². The number of primary sulfonamides is 1. The van der Waals surface area contributed by atoms with Crippen molar-refractivity contribution in [3.63, 3.8) is 0 Å². The van der Waals surface area contributed by atoms with Gasteiger partial charge in [0, 0.05) is 5.69 Å². The van der Waals surface area contributed by atoms with Gasteiger partial charge in [0.15, 0.2) is 6.61 Å². The number of aryl methyl sites for hydroxylation is 1. The highest BCUT2D eigenvalue weighted by Crippen LogP contribution is 2.21. The molecule has 7 nitrogen and oxygen atoms in total. The van der Waals surface area contributed by atoms with Gasteiger partial charge in [0.1, 0.15) is 5.82 Å². The first kappa shape index (κ1) is 19.8. The van der Waals surface area contributed by atoms with Crippen LogP contribution in [0.15, 0.2) is 41.3 Å². The maximum atomic E-state index is 13.4. The average molecular weight is 401 g/mol. The van der Waals surface area contributed by atoms with Gasteiger partial charge < -0.3 is 10.1 Å². The lowest BCUT2D eigenvalue weighted by Crippen LogP contribution is -2.21. The number of anilines is 1. The molecule has 2 aromatic rings. The molecule has 0 aliphatic carbocycles. The highest BCUT2D eigenvalue weighted by molar-refractivity contribution is 7.89. The highest BCUT2D eigenvalue weighted by Gasteiger charge is 2.18. The van der Waals surface area contributed by atoms with E-state index >= 15 is 0 Å². The number of amides is 1. The van der Waals surface area contributed by atoms with Crippen molar-refractivity contribution < 1.29 is 27.1 Å². The van der Waals surface area contributed by atoms with E-state index < -0.39 is 34.3 Å². The first-order chi connectivity index (χ1) is 12.1. The van der Waals surface area contributed by atoms with Gasteiger partial charge in [-0.15, -0.1) is 0 Å². The van der Waals surface area contributed by atoms with Gasteiger partial charge in [-0.05, 0) is 42.8 Å². The third-order valence-corrected chi connectivity index (χ3v) is 4.52. The predicted molar refractivity (Wildman–Crippen MR) is 92.9 cm³/mol. The van der Waals surface area contributed by atoms with Crippen LogP contribution in [0.4, 0.5) is 10.1 Å². The number of rotatable bonds is 5.